The Kier molecular flexibility index (Phi) is 5.40. The predicted octanol–water partition coefficient (Wildman–Crippen LogP) is 3.88. The minimum absolute atomic E-state index is 0.0180. The number of rotatable bonds is 5. The highest BCUT2D eigenvalue weighted by Crippen LogP contribution is 2.42. The number of hydrogen-bond acceptors (Lipinski definition) is 5. The van der Waals surface area contributed by atoms with Crippen LogP contribution in [0.3, 0.4) is 0 Å². The normalized spacial score (nSPS) is 16.5. The summed E-state index contributed by atoms with van der Waals surface area (Å²) in [5, 5.41) is 8.69. The molecule has 0 unspecified atom stereocenters. The second-order valence-electron chi connectivity index (χ2n) is 7.97. The maximum absolute atomic E-state index is 13.4. The van der Waals surface area contributed by atoms with E-state index < -0.39 is 0 Å². The summed E-state index contributed by atoms with van der Waals surface area (Å²) < 4.78 is 8.18. The zero-order chi connectivity index (χ0) is 21.4. The smallest absolute Gasteiger partial charge is 0.276 e. The highest BCUT2D eigenvalue weighted by atomic mass is 79.9. The average molecular weight is 482 g/mol. The Morgan fingerprint density at radius 3 is 2.45 bits per heavy atom. The summed E-state index contributed by atoms with van der Waals surface area (Å²) in [5.74, 6) is 1.18. The molecule has 3 aromatic rings. The molecule has 0 atom stereocenters. The van der Waals surface area contributed by atoms with Crippen molar-refractivity contribution in [2.24, 2.45) is 0 Å². The Morgan fingerprint density at radius 2 is 1.77 bits per heavy atom. The fourth-order valence-corrected chi connectivity index (χ4v) is 4.33. The monoisotopic (exact) mass is 481 g/mol. The van der Waals surface area contributed by atoms with Crippen molar-refractivity contribution in [2.75, 3.05) is 38.2 Å². The molecule has 1 aliphatic heterocycles. The van der Waals surface area contributed by atoms with E-state index in [1.807, 2.05) is 52.0 Å². The first kappa shape index (κ1) is 20.1. The molecule has 1 saturated heterocycles. The number of ether oxygens (including phenoxy) is 1. The van der Waals surface area contributed by atoms with Crippen LogP contribution in [0.2, 0.25) is 0 Å². The largest absolute Gasteiger partial charge is 0.497 e. The van der Waals surface area contributed by atoms with Gasteiger partial charge >= 0.3 is 0 Å². The van der Waals surface area contributed by atoms with E-state index >= 15 is 0 Å². The number of piperazine rings is 1. The Bertz CT molecular complexity index is 1090. The lowest BCUT2D eigenvalue weighted by Gasteiger charge is -2.36. The summed E-state index contributed by atoms with van der Waals surface area (Å²) in [6.07, 6.45) is 2.15. The van der Waals surface area contributed by atoms with Gasteiger partial charge in [0.05, 0.1) is 18.5 Å². The van der Waals surface area contributed by atoms with Crippen LogP contribution in [-0.2, 0) is 0 Å². The Hall–Kier alpha value is -2.87. The average Bonchev–Trinajstić information content (AvgIpc) is 3.57. The van der Waals surface area contributed by atoms with Gasteiger partial charge in [-0.25, -0.2) is 4.68 Å². The van der Waals surface area contributed by atoms with E-state index in [2.05, 4.69) is 37.2 Å². The molecule has 1 aromatic heterocycles. The lowest BCUT2D eigenvalue weighted by atomic mass is 10.1. The first-order chi connectivity index (χ1) is 15.1. The molecule has 0 bridgehead atoms. The second kappa shape index (κ2) is 8.34. The minimum atomic E-state index is -0.0180. The molecule has 0 radical (unpaired) electrons. The van der Waals surface area contributed by atoms with Crippen LogP contribution in [0, 0.1) is 0 Å². The lowest BCUT2D eigenvalue weighted by Crippen LogP contribution is -2.49. The summed E-state index contributed by atoms with van der Waals surface area (Å²) in [4.78, 5) is 17.5. The van der Waals surface area contributed by atoms with Crippen LogP contribution in [0.4, 0.5) is 5.69 Å². The van der Waals surface area contributed by atoms with E-state index in [9.17, 15) is 4.79 Å². The molecule has 31 heavy (non-hydrogen) atoms. The van der Waals surface area contributed by atoms with Crippen LogP contribution in [0.15, 0.2) is 53.0 Å². The van der Waals surface area contributed by atoms with Crippen LogP contribution in [0.5, 0.6) is 5.75 Å². The van der Waals surface area contributed by atoms with Gasteiger partial charge < -0.3 is 14.5 Å². The Balaban J connectivity index is 1.33. The number of carbonyl (C=O) groups is 1. The van der Waals surface area contributed by atoms with Gasteiger partial charge in [-0.05, 0) is 49.2 Å². The van der Waals surface area contributed by atoms with Crippen LogP contribution >= 0.6 is 15.9 Å². The molecule has 7 nitrogen and oxygen atoms in total. The van der Waals surface area contributed by atoms with Crippen molar-refractivity contribution in [3.63, 3.8) is 0 Å². The second-order valence-corrected chi connectivity index (χ2v) is 8.88. The predicted molar refractivity (Wildman–Crippen MR) is 122 cm³/mol. The molecule has 2 aromatic carbocycles. The fourth-order valence-electron chi connectivity index (χ4n) is 4.06. The van der Waals surface area contributed by atoms with E-state index in [-0.39, 0.29) is 5.91 Å². The van der Waals surface area contributed by atoms with E-state index in [1.165, 1.54) is 0 Å². The number of aromatic nitrogens is 3. The van der Waals surface area contributed by atoms with E-state index in [0.29, 0.717) is 24.7 Å². The van der Waals surface area contributed by atoms with Crippen LogP contribution in [0.25, 0.3) is 5.69 Å². The van der Waals surface area contributed by atoms with Crippen molar-refractivity contribution in [1.29, 1.82) is 0 Å². The highest BCUT2D eigenvalue weighted by molar-refractivity contribution is 9.10. The summed E-state index contributed by atoms with van der Waals surface area (Å²) in [6.45, 7) is 2.87. The molecule has 1 aliphatic carbocycles. The number of anilines is 1. The number of nitrogens with zero attached hydrogens (tertiary/aromatic N) is 5. The molecule has 5 rings (SSSR count). The first-order valence-electron chi connectivity index (χ1n) is 10.5. The molecule has 160 valence electrons. The van der Waals surface area contributed by atoms with Crippen molar-refractivity contribution in [1.82, 2.24) is 19.9 Å². The molecule has 2 aliphatic rings. The first-order valence-corrected chi connectivity index (χ1v) is 11.3. The Morgan fingerprint density at radius 1 is 1.03 bits per heavy atom. The fraction of sp³-hybridized carbons (Fsp3) is 0.348. The quantitative estimate of drug-likeness (QED) is 0.553. The Labute approximate surface area is 189 Å². The summed E-state index contributed by atoms with van der Waals surface area (Å²) in [5.41, 5.74) is 3.49. The molecule has 2 heterocycles. The van der Waals surface area contributed by atoms with Gasteiger partial charge in [-0.15, -0.1) is 5.10 Å². The molecule has 1 saturated carbocycles. The molecule has 2 fully saturated rings. The van der Waals surface area contributed by atoms with Gasteiger partial charge in [-0.1, -0.05) is 27.2 Å². The number of halogens is 1. The van der Waals surface area contributed by atoms with Crippen molar-refractivity contribution < 1.29 is 9.53 Å². The van der Waals surface area contributed by atoms with Gasteiger partial charge in [0.1, 0.15) is 5.75 Å². The van der Waals surface area contributed by atoms with Gasteiger partial charge in [0, 0.05) is 48.3 Å². The number of amides is 1. The third-order valence-corrected chi connectivity index (χ3v) is 6.46. The SMILES string of the molecule is COc1cccc(N2CCN(C(=O)c3nnn(-c4ccc(Br)cc4)c3C3CC3)CC2)c1. The maximum Gasteiger partial charge on any atom is 0.276 e. The number of hydrogen-bond donors (Lipinski definition) is 0. The molecular formula is C23H24BrN5O2. The minimum Gasteiger partial charge on any atom is -0.497 e. The molecule has 0 spiro atoms. The third kappa shape index (κ3) is 4.04. The number of methoxy groups -OCH3 is 1. The molecular weight excluding hydrogens is 458 g/mol. The van der Waals surface area contributed by atoms with E-state index in [4.69, 9.17) is 4.74 Å². The van der Waals surface area contributed by atoms with Crippen LogP contribution in [-0.4, -0.2) is 59.1 Å². The van der Waals surface area contributed by atoms with Gasteiger partial charge in [0.2, 0.25) is 0 Å². The number of benzene rings is 2. The molecule has 1 amide bonds. The topological polar surface area (TPSA) is 63.5 Å². The van der Waals surface area contributed by atoms with Crippen molar-refractivity contribution in [3.05, 3.63) is 64.4 Å². The van der Waals surface area contributed by atoms with Gasteiger partial charge in [-0.2, -0.15) is 0 Å². The maximum atomic E-state index is 13.4. The molecule has 8 heteroatoms. The number of carbonyl (C=O) groups excluding carboxylic acids is 1. The van der Waals surface area contributed by atoms with E-state index in [0.717, 1.165) is 53.2 Å². The lowest BCUT2D eigenvalue weighted by molar-refractivity contribution is 0.0739. The van der Waals surface area contributed by atoms with Gasteiger partial charge in [0.15, 0.2) is 5.69 Å². The zero-order valence-corrected chi connectivity index (χ0v) is 19.0. The van der Waals surface area contributed by atoms with Crippen molar-refractivity contribution in [3.8, 4) is 11.4 Å². The van der Waals surface area contributed by atoms with Gasteiger partial charge in [-0.3, -0.25) is 4.79 Å². The molecule has 0 N–H and O–H groups in total. The van der Waals surface area contributed by atoms with Crippen LogP contribution < -0.4 is 9.64 Å². The van der Waals surface area contributed by atoms with Gasteiger partial charge in [0.25, 0.3) is 5.91 Å². The standard InChI is InChI=1S/C23H24BrN5O2/c1-31-20-4-2-3-19(15-20)27-11-13-28(14-12-27)23(30)21-22(16-5-6-16)29(26-25-21)18-9-7-17(24)8-10-18/h2-4,7-10,15-16H,5-6,11-14H2,1H3. The summed E-state index contributed by atoms with van der Waals surface area (Å²) >= 11 is 3.47. The zero-order valence-electron chi connectivity index (χ0n) is 17.4. The highest BCUT2D eigenvalue weighted by Gasteiger charge is 2.36. The van der Waals surface area contributed by atoms with E-state index in [1.54, 1.807) is 7.11 Å². The summed E-state index contributed by atoms with van der Waals surface area (Å²) in [6, 6.07) is 16.0. The van der Waals surface area contributed by atoms with Crippen molar-refractivity contribution in [2.45, 2.75) is 18.8 Å². The van der Waals surface area contributed by atoms with Crippen LogP contribution in [0.1, 0.15) is 34.9 Å². The third-order valence-electron chi connectivity index (χ3n) is 5.93. The summed E-state index contributed by atoms with van der Waals surface area (Å²) in [7, 11) is 1.68. The van der Waals surface area contributed by atoms with Crippen molar-refractivity contribution >= 4 is 27.5 Å².